The molecule has 2 N–H and O–H groups in total. The number of rotatable bonds is 1. The van der Waals surface area contributed by atoms with Crippen LogP contribution in [0.5, 0.6) is 0 Å². The molecule has 0 amide bonds. The largest absolute Gasteiger partial charge is 0.399 e. The molecule has 0 radical (unpaired) electrons. The second-order valence-corrected chi connectivity index (χ2v) is 3.63. The van der Waals surface area contributed by atoms with Crippen LogP contribution in [0.2, 0.25) is 0 Å². The average Bonchev–Trinajstić information content (AvgIpc) is 2.20. The Balaban J connectivity index is 2.19. The summed E-state index contributed by atoms with van der Waals surface area (Å²) >= 11 is 0. The predicted octanol–water partition coefficient (Wildman–Crippen LogP) is 3.09. The van der Waals surface area contributed by atoms with Crippen LogP contribution in [0.4, 0.5) is 5.69 Å². The quantitative estimate of drug-likeness (QED) is 0.512. The molecule has 0 spiro atoms. The summed E-state index contributed by atoms with van der Waals surface area (Å²) in [5.41, 5.74) is 7.88. The summed E-state index contributed by atoms with van der Waals surface area (Å²) in [7, 11) is 0. The smallest absolute Gasteiger partial charge is 0.0314 e. The van der Waals surface area contributed by atoms with Gasteiger partial charge in [-0.1, -0.05) is 24.3 Å². The van der Waals surface area contributed by atoms with E-state index in [0.717, 1.165) is 5.69 Å². The summed E-state index contributed by atoms with van der Waals surface area (Å²) in [5.74, 6) is 0.620. The highest BCUT2D eigenvalue weighted by Crippen LogP contribution is 2.27. The highest BCUT2D eigenvalue weighted by Gasteiger charge is 2.09. The average molecular weight is 173 g/mol. The molecule has 0 heterocycles. The fourth-order valence-electron chi connectivity index (χ4n) is 1.83. The highest BCUT2D eigenvalue weighted by atomic mass is 14.5. The molecule has 1 aromatic carbocycles. The number of hydrogen-bond acceptors (Lipinski definition) is 1. The Bertz CT molecular complexity index is 297. The summed E-state index contributed by atoms with van der Waals surface area (Å²) in [6.45, 7) is 0. The summed E-state index contributed by atoms with van der Waals surface area (Å²) < 4.78 is 0. The van der Waals surface area contributed by atoms with Crippen LogP contribution < -0.4 is 5.73 Å². The standard InChI is InChI=1S/C12H15N/c13-12-8-6-11(7-9-12)10-4-2-1-3-5-10/h2,4,6-10H,1,3,5,13H2. The van der Waals surface area contributed by atoms with Gasteiger partial charge in [0.1, 0.15) is 0 Å². The van der Waals surface area contributed by atoms with Gasteiger partial charge in [0.05, 0.1) is 0 Å². The Morgan fingerprint density at radius 3 is 2.54 bits per heavy atom. The van der Waals surface area contributed by atoms with Crippen LogP contribution >= 0.6 is 0 Å². The summed E-state index contributed by atoms with van der Waals surface area (Å²) in [6, 6.07) is 8.24. The van der Waals surface area contributed by atoms with E-state index in [0.29, 0.717) is 5.92 Å². The van der Waals surface area contributed by atoms with Gasteiger partial charge in [0, 0.05) is 11.6 Å². The van der Waals surface area contributed by atoms with Gasteiger partial charge in [-0.25, -0.2) is 0 Å². The van der Waals surface area contributed by atoms with Crippen molar-refractivity contribution in [2.75, 3.05) is 5.73 Å². The van der Waals surface area contributed by atoms with Crippen LogP contribution in [0.3, 0.4) is 0 Å². The minimum absolute atomic E-state index is 0.620. The zero-order chi connectivity index (χ0) is 9.10. The van der Waals surface area contributed by atoms with Crippen molar-refractivity contribution in [3.8, 4) is 0 Å². The van der Waals surface area contributed by atoms with Gasteiger partial charge in [-0.3, -0.25) is 0 Å². The Morgan fingerprint density at radius 2 is 1.92 bits per heavy atom. The number of allylic oxidation sites excluding steroid dienone is 2. The second-order valence-electron chi connectivity index (χ2n) is 3.63. The zero-order valence-electron chi connectivity index (χ0n) is 7.74. The van der Waals surface area contributed by atoms with Crippen molar-refractivity contribution in [1.82, 2.24) is 0 Å². The number of nitrogen functional groups attached to an aromatic ring is 1. The maximum Gasteiger partial charge on any atom is 0.0314 e. The lowest BCUT2D eigenvalue weighted by Gasteiger charge is -2.16. The summed E-state index contributed by atoms with van der Waals surface area (Å²) in [4.78, 5) is 0. The molecular weight excluding hydrogens is 158 g/mol. The third-order valence-electron chi connectivity index (χ3n) is 2.62. The molecule has 0 bridgehead atoms. The van der Waals surface area contributed by atoms with Crippen molar-refractivity contribution in [2.24, 2.45) is 0 Å². The van der Waals surface area contributed by atoms with Gasteiger partial charge in [-0.05, 0) is 37.0 Å². The maximum atomic E-state index is 5.64. The first kappa shape index (κ1) is 8.36. The SMILES string of the molecule is Nc1ccc(C2C=CCCC2)cc1. The summed E-state index contributed by atoms with van der Waals surface area (Å²) in [6.07, 6.45) is 8.43. The van der Waals surface area contributed by atoms with Crippen LogP contribution in [0.25, 0.3) is 0 Å². The molecule has 1 atom stereocenters. The number of benzene rings is 1. The molecule has 1 aliphatic rings. The van der Waals surface area contributed by atoms with E-state index in [2.05, 4.69) is 24.3 Å². The minimum atomic E-state index is 0.620. The van der Waals surface area contributed by atoms with Crippen LogP contribution in [0.15, 0.2) is 36.4 Å². The van der Waals surface area contributed by atoms with Crippen LogP contribution in [-0.2, 0) is 0 Å². The molecule has 1 unspecified atom stereocenters. The molecule has 0 saturated heterocycles. The second kappa shape index (κ2) is 3.65. The Kier molecular flexibility index (Phi) is 2.35. The first-order valence-corrected chi connectivity index (χ1v) is 4.88. The molecule has 1 aromatic rings. The lowest BCUT2D eigenvalue weighted by atomic mass is 9.89. The van der Waals surface area contributed by atoms with Crippen LogP contribution in [-0.4, -0.2) is 0 Å². The first-order valence-electron chi connectivity index (χ1n) is 4.88. The zero-order valence-corrected chi connectivity index (χ0v) is 7.74. The van der Waals surface area contributed by atoms with E-state index in [9.17, 15) is 0 Å². The van der Waals surface area contributed by atoms with Crippen molar-refractivity contribution >= 4 is 5.69 Å². The minimum Gasteiger partial charge on any atom is -0.399 e. The van der Waals surface area contributed by atoms with Crippen molar-refractivity contribution in [1.29, 1.82) is 0 Å². The highest BCUT2D eigenvalue weighted by molar-refractivity contribution is 5.41. The van der Waals surface area contributed by atoms with E-state index < -0.39 is 0 Å². The van der Waals surface area contributed by atoms with Gasteiger partial charge >= 0.3 is 0 Å². The molecule has 1 nitrogen and oxygen atoms in total. The van der Waals surface area contributed by atoms with Crippen LogP contribution in [0.1, 0.15) is 30.7 Å². The van der Waals surface area contributed by atoms with E-state index in [1.165, 1.54) is 24.8 Å². The van der Waals surface area contributed by atoms with Gasteiger partial charge < -0.3 is 5.73 Å². The monoisotopic (exact) mass is 173 g/mol. The van der Waals surface area contributed by atoms with E-state index in [-0.39, 0.29) is 0 Å². The third-order valence-corrected chi connectivity index (χ3v) is 2.62. The van der Waals surface area contributed by atoms with Gasteiger partial charge in [0.15, 0.2) is 0 Å². The molecule has 1 aliphatic carbocycles. The molecule has 0 aromatic heterocycles. The van der Waals surface area contributed by atoms with Crippen molar-refractivity contribution in [2.45, 2.75) is 25.2 Å². The van der Waals surface area contributed by atoms with Gasteiger partial charge in [-0.2, -0.15) is 0 Å². The topological polar surface area (TPSA) is 26.0 Å². The number of nitrogens with two attached hydrogens (primary N) is 1. The van der Waals surface area contributed by atoms with Gasteiger partial charge in [-0.15, -0.1) is 0 Å². The normalized spacial score (nSPS) is 21.7. The number of anilines is 1. The Labute approximate surface area is 79.3 Å². The number of hydrogen-bond donors (Lipinski definition) is 1. The van der Waals surface area contributed by atoms with Gasteiger partial charge in [0.2, 0.25) is 0 Å². The molecular formula is C12H15N. The van der Waals surface area contributed by atoms with Crippen LogP contribution in [0, 0.1) is 0 Å². The lowest BCUT2D eigenvalue weighted by molar-refractivity contribution is 0.654. The van der Waals surface area contributed by atoms with E-state index >= 15 is 0 Å². The molecule has 68 valence electrons. The van der Waals surface area contributed by atoms with E-state index in [1.54, 1.807) is 0 Å². The van der Waals surface area contributed by atoms with E-state index in [1.807, 2.05) is 12.1 Å². The first-order chi connectivity index (χ1) is 6.36. The predicted molar refractivity (Wildman–Crippen MR) is 56.6 cm³/mol. The fourth-order valence-corrected chi connectivity index (χ4v) is 1.83. The lowest BCUT2D eigenvalue weighted by Crippen LogP contribution is -1.99. The van der Waals surface area contributed by atoms with Crippen molar-refractivity contribution < 1.29 is 0 Å². The molecule has 2 rings (SSSR count). The Morgan fingerprint density at radius 1 is 1.15 bits per heavy atom. The maximum absolute atomic E-state index is 5.64. The van der Waals surface area contributed by atoms with E-state index in [4.69, 9.17) is 5.73 Å². The summed E-state index contributed by atoms with van der Waals surface area (Å²) in [5, 5.41) is 0. The van der Waals surface area contributed by atoms with Gasteiger partial charge in [0.25, 0.3) is 0 Å². The molecule has 13 heavy (non-hydrogen) atoms. The Hall–Kier alpha value is -1.24. The fraction of sp³-hybridized carbons (Fsp3) is 0.333. The third kappa shape index (κ3) is 1.92. The molecule has 0 aliphatic heterocycles. The van der Waals surface area contributed by atoms with Crippen molar-refractivity contribution in [3.05, 3.63) is 42.0 Å². The molecule has 0 fully saturated rings. The molecule has 0 saturated carbocycles. The molecule has 1 heteroatoms. The van der Waals surface area contributed by atoms with Crippen molar-refractivity contribution in [3.63, 3.8) is 0 Å².